The van der Waals surface area contributed by atoms with Crippen LogP contribution in [0.5, 0.6) is 0 Å². The van der Waals surface area contributed by atoms with Gasteiger partial charge in [0.2, 0.25) is 0 Å². The molecule has 1 aliphatic rings. The molecule has 0 saturated carbocycles. The van der Waals surface area contributed by atoms with Gasteiger partial charge in [-0.3, -0.25) is 4.79 Å². The Morgan fingerprint density at radius 1 is 0.862 bits per heavy atom. The van der Waals surface area contributed by atoms with Gasteiger partial charge in [0, 0.05) is 14.0 Å². The van der Waals surface area contributed by atoms with Crippen LogP contribution < -0.4 is 0 Å². The van der Waals surface area contributed by atoms with E-state index < -0.39 is 30.6 Å². The highest BCUT2D eigenvalue weighted by Crippen LogP contribution is 2.30. The molecule has 29 heavy (non-hydrogen) atoms. The summed E-state index contributed by atoms with van der Waals surface area (Å²) in [6, 6.07) is 19.6. The largest absolute Gasteiger partial charge is 0.457 e. The molecule has 0 spiro atoms. The summed E-state index contributed by atoms with van der Waals surface area (Å²) < 4.78 is 29.4. The van der Waals surface area contributed by atoms with Crippen molar-refractivity contribution in [1.82, 2.24) is 0 Å². The molecule has 1 heterocycles. The molecule has 0 aliphatic carbocycles. The first-order chi connectivity index (χ1) is 14.1. The minimum Gasteiger partial charge on any atom is -0.457 e. The zero-order valence-electron chi connectivity index (χ0n) is 17.0. The topological polar surface area (TPSA) is 63.2 Å². The van der Waals surface area contributed by atoms with Crippen molar-refractivity contribution in [3.8, 4) is 0 Å². The molecule has 6 heteroatoms. The second-order valence-corrected chi connectivity index (χ2v) is 7.04. The van der Waals surface area contributed by atoms with E-state index in [0.717, 1.165) is 11.1 Å². The maximum Gasteiger partial charge on any atom is 0.303 e. The predicted molar refractivity (Wildman–Crippen MR) is 107 cm³/mol. The van der Waals surface area contributed by atoms with Crippen molar-refractivity contribution >= 4 is 5.97 Å². The first-order valence-corrected chi connectivity index (χ1v) is 9.75. The Kier molecular flexibility index (Phi) is 7.77. The smallest absolute Gasteiger partial charge is 0.303 e. The fourth-order valence-electron chi connectivity index (χ4n) is 3.43. The highest BCUT2D eigenvalue weighted by atomic mass is 16.7. The number of carbonyl (C=O) groups is 1. The van der Waals surface area contributed by atoms with Crippen LogP contribution >= 0.6 is 0 Å². The third-order valence-electron chi connectivity index (χ3n) is 4.83. The Morgan fingerprint density at radius 2 is 1.38 bits per heavy atom. The molecule has 1 aliphatic heterocycles. The Labute approximate surface area is 171 Å². The molecule has 2 aromatic carbocycles. The standard InChI is InChI=1S/C23H28O6/c1-16-20(26-14-18-10-6-4-7-11-18)21(29-17(2)24)22(23(25-3)28-16)27-15-19-12-8-5-9-13-19/h4-13,16,20-23H,14-15H2,1-3H3/t16-,20-,21+,22+,23+/m0/s1. The summed E-state index contributed by atoms with van der Waals surface area (Å²) in [6.45, 7) is 3.97. The lowest BCUT2D eigenvalue weighted by Gasteiger charge is -2.44. The summed E-state index contributed by atoms with van der Waals surface area (Å²) in [6.07, 6.45) is -2.79. The van der Waals surface area contributed by atoms with Gasteiger partial charge in [0.1, 0.15) is 12.2 Å². The lowest BCUT2D eigenvalue weighted by atomic mass is 9.98. The van der Waals surface area contributed by atoms with E-state index in [1.807, 2.05) is 67.6 Å². The van der Waals surface area contributed by atoms with Crippen LogP contribution in [0.15, 0.2) is 60.7 Å². The van der Waals surface area contributed by atoms with Crippen molar-refractivity contribution in [2.75, 3.05) is 7.11 Å². The number of methoxy groups -OCH3 is 1. The van der Waals surface area contributed by atoms with Crippen molar-refractivity contribution in [2.45, 2.75) is 57.8 Å². The minimum absolute atomic E-state index is 0.340. The van der Waals surface area contributed by atoms with Crippen LogP contribution in [0, 0.1) is 0 Å². The molecule has 0 radical (unpaired) electrons. The second-order valence-electron chi connectivity index (χ2n) is 7.04. The monoisotopic (exact) mass is 400 g/mol. The minimum atomic E-state index is -0.672. The Bertz CT molecular complexity index is 750. The van der Waals surface area contributed by atoms with Gasteiger partial charge in [-0.25, -0.2) is 0 Å². The third-order valence-corrected chi connectivity index (χ3v) is 4.83. The first-order valence-electron chi connectivity index (χ1n) is 9.75. The van der Waals surface area contributed by atoms with Crippen molar-refractivity contribution in [2.24, 2.45) is 0 Å². The van der Waals surface area contributed by atoms with Gasteiger partial charge in [0.15, 0.2) is 12.4 Å². The molecular weight excluding hydrogens is 372 g/mol. The van der Waals surface area contributed by atoms with Crippen molar-refractivity contribution in [1.29, 1.82) is 0 Å². The van der Waals surface area contributed by atoms with Crippen LogP contribution in [0.2, 0.25) is 0 Å². The van der Waals surface area contributed by atoms with Crippen molar-refractivity contribution < 1.29 is 28.5 Å². The van der Waals surface area contributed by atoms with Crippen LogP contribution in [0.1, 0.15) is 25.0 Å². The summed E-state index contributed by atoms with van der Waals surface area (Å²) >= 11 is 0. The van der Waals surface area contributed by atoms with E-state index >= 15 is 0 Å². The molecule has 0 N–H and O–H groups in total. The number of esters is 1. The van der Waals surface area contributed by atoms with Crippen molar-refractivity contribution in [3.63, 3.8) is 0 Å². The number of ether oxygens (including phenoxy) is 5. The van der Waals surface area contributed by atoms with Gasteiger partial charge in [0.25, 0.3) is 0 Å². The average molecular weight is 400 g/mol. The summed E-state index contributed by atoms with van der Waals surface area (Å²) in [7, 11) is 1.55. The molecule has 2 aromatic rings. The van der Waals surface area contributed by atoms with E-state index in [1.165, 1.54) is 6.92 Å². The molecule has 0 unspecified atom stereocenters. The van der Waals surface area contributed by atoms with Gasteiger partial charge in [-0.05, 0) is 18.1 Å². The van der Waals surface area contributed by atoms with E-state index in [4.69, 9.17) is 23.7 Å². The maximum absolute atomic E-state index is 11.8. The van der Waals surface area contributed by atoms with Gasteiger partial charge >= 0.3 is 5.97 Å². The number of hydrogen-bond acceptors (Lipinski definition) is 6. The summed E-state index contributed by atoms with van der Waals surface area (Å²) in [5.74, 6) is -0.402. The highest BCUT2D eigenvalue weighted by molar-refractivity contribution is 5.66. The van der Waals surface area contributed by atoms with E-state index in [9.17, 15) is 4.79 Å². The molecular formula is C23H28O6. The number of rotatable bonds is 8. The lowest BCUT2D eigenvalue weighted by molar-refractivity contribution is -0.308. The zero-order chi connectivity index (χ0) is 20.6. The Balaban J connectivity index is 1.76. The van der Waals surface area contributed by atoms with Gasteiger partial charge in [-0.1, -0.05) is 60.7 Å². The molecule has 0 aromatic heterocycles. The average Bonchev–Trinajstić information content (AvgIpc) is 2.73. The van der Waals surface area contributed by atoms with Crippen LogP contribution in [-0.4, -0.2) is 43.8 Å². The fraction of sp³-hybridized carbons (Fsp3) is 0.435. The molecule has 156 valence electrons. The molecule has 0 bridgehead atoms. The Hall–Kier alpha value is -2.25. The molecule has 1 saturated heterocycles. The van der Waals surface area contributed by atoms with Gasteiger partial charge < -0.3 is 23.7 Å². The second kappa shape index (κ2) is 10.5. The fourth-order valence-corrected chi connectivity index (χ4v) is 3.43. The van der Waals surface area contributed by atoms with E-state index in [0.29, 0.717) is 13.2 Å². The van der Waals surface area contributed by atoms with Gasteiger partial charge in [-0.15, -0.1) is 0 Å². The third kappa shape index (κ3) is 5.87. The quantitative estimate of drug-likeness (QED) is 0.632. The van der Waals surface area contributed by atoms with E-state index in [-0.39, 0.29) is 6.10 Å². The van der Waals surface area contributed by atoms with Crippen LogP contribution in [-0.2, 0) is 41.7 Å². The predicted octanol–water partition coefficient (Wildman–Crippen LogP) is 3.48. The molecule has 6 nitrogen and oxygen atoms in total. The first kappa shape index (κ1) is 21.5. The SMILES string of the molecule is CO[C@@H]1O[C@@H](C)[C@H](OCc2ccccc2)[C@@H](OC(C)=O)[C@H]1OCc1ccccc1. The summed E-state index contributed by atoms with van der Waals surface area (Å²) in [4.78, 5) is 11.8. The van der Waals surface area contributed by atoms with Crippen molar-refractivity contribution in [3.05, 3.63) is 71.8 Å². The summed E-state index contributed by atoms with van der Waals surface area (Å²) in [5, 5.41) is 0. The molecule has 5 atom stereocenters. The maximum atomic E-state index is 11.8. The molecule has 0 amide bonds. The van der Waals surface area contributed by atoms with Crippen LogP contribution in [0.4, 0.5) is 0 Å². The van der Waals surface area contributed by atoms with Gasteiger partial charge in [0.05, 0.1) is 19.3 Å². The van der Waals surface area contributed by atoms with Crippen LogP contribution in [0.25, 0.3) is 0 Å². The molecule has 1 fully saturated rings. The number of hydrogen-bond donors (Lipinski definition) is 0. The normalized spacial score (nSPS) is 26.8. The number of carbonyl (C=O) groups excluding carboxylic acids is 1. The van der Waals surface area contributed by atoms with E-state index in [2.05, 4.69) is 0 Å². The lowest BCUT2D eigenvalue weighted by Crippen LogP contribution is -2.60. The zero-order valence-corrected chi connectivity index (χ0v) is 17.0. The Morgan fingerprint density at radius 3 is 1.86 bits per heavy atom. The number of benzene rings is 2. The summed E-state index contributed by atoms with van der Waals surface area (Å²) in [5.41, 5.74) is 2.03. The molecule has 3 rings (SSSR count). The van der Waals surface area contributed by atoms with E-state index in [1.54, 1.807) is 7.11 Å². The van der Waals surface area contributed by atoms with Crippen LogP contribution in [0.3, 0.4) is 0 Å². The highest BCUT2D eigenvalue weighted by Gasteiger charge is 2.48. The van der Waals surface area contributed by atoms with Gasteiger partial charge in [-0.2, -0.15) is 0 Å².